The molecule has 1 aliphatic carbocycles. The molecule has 0 unspecified atom stereocenters. The molecule has 2 fully saturated rings. The van der Waals surface area contributed by atoms with Crippen molar-refractivity contribution in [2.75, 3.05) is 33.3 Å². The number of alkyl halides is 3. The summed E-state index contributed by atoms with van der Waals surface area (Å²) in [6.07, 6.45) is 3.11. The van der Waals surface area contributed by atoms with Gasteiger partial charge in [0.1, 0.15) is 12.4 Å². The molecule has 1 heterocycles. The molecule has 0 radical (unpaired) electrons. The fraction of sp³-hybridized carbons (Fsp3) is 0.667. The molecule has 0 amide bonds. The number of hydrogen-bond acceptors (Lipinski definition) is 3. The number of likely N-dealkylation sites (tertiary alicyclic amines) is 1. The summed E-state index contributed by atoms with van der Waals surface area (Å²) in [6, 6.07) is 6.40. The molecule has 1 aliphatic heterocycles. The van der Waals surface area contributed by atoms with E-state index in [1.165, 1.54) is 43.9 Å². The lowest BCUT2D eigenvalue weighted by Gasteiger charge is -2.36. The molecule has 2 aliphatic rings. The summed E-state index contributed by atoms with van der Waals surface area (Å²) < 4.78 is 44.3. The predicted octanol–water partition coefficient (Wildman–Crippen LogP) is 3.66. The van der Waals surface area contributed by atoms with Gasteiger partial charge in [-0.3, -0.25) is 4.99 Å². The molecule has 1 saturated heterocycles. The highest BCUT2D eigenvalue weighted by Gasteiger charge is 2.34. The number of guanidine groups is 1. The zero-order valence-electron chi connectivity index (χ0n) is 17.0. The van der Waals surface area contributed by atoms with E-state index in [0.717, 1.165) is 38.0 Å². The van der Waals surface area contributed by atoms with E-state index < -0.39 is 11.7 Å². The highest BCUT2D eigenvalue weighted by atomic mass is 19.4. The Balaban J connectivity index is 1.38. The maximum atomic E-state index is 13.0. The van der Waals surface area contributed by atoms with Gasteiger partial charge in [0.2, 0.25) is 0 Å². The lowest BCUT2D eigenvalue weighted by atomic mass is 10.0. The van der Waals surface area contributed by atoms with Crippen molar-refractivity contribution >= 4 is 5.96 Å². The predicted molar refractivity (Wildman–Crippen MR) is 108 cm³/mol. The van der Waals surface area contributed by atoms with Gasteiger partial charge in [-0.2, -0.15) is 13.2 Å². The Morgan fingerprint density at radius 3 is 2.48 bits per heavy atom. The third kappa shape index (κ3) is 6.26. The first-order valence-corrected chi connectivity index (χ1v) is 10.5. The number of rotatable bonds is 6. The van der Waals surface area contributed by atoms with Crippen LogP contribution in [0.15, 0.2) is 29.3 Å². The second-order valence-electron chi connectivity index (χ2n) is 7.73. The first-order chi connectivity index (χ1) is 14.0. The van der Waals surface area contributed by atoms with Gasteiger partial charge in [-0.15, -0.1) is 0 Å². The van der Waals surface area contributed by atoms with Crippen LogP contribution in [0.3, 0.4) is 0 Å². The lowest BCUT2D eigenvalue weighted by molar-refractivity contribution is -0.138. The van der Waals surface area contributed by atoms with Gasteiger partial charge in [0.05, 0.1) is 12.1 Å². The number of aliphatic imine (C=N–C) groups is 1. The summed E-state index contributed by atoms with van der Waals surface area (Å²) in [4.78, 5) is 6.84. The molecule has 5 nitrogen and oxygen atoms in total. The fourth-order valence-corrected chi connectivity index (χ4v) is 4.22. The normalized spacial score (nSPS) is 20.1. The molecular formula is C21H31F3N4O. The average Bonchev–Trinajstić information content (AvgIpc) is 3.25. The van der Waals surface area contributed by atoms with Gasteiger partial charge in [0, 0.05) is 32.2 Å². The van der Waals surface area contributed by atoms with Gasteiger partial charge in [-0.1, -0.05) is 25.0 Å². The van der Waals surface area contributed by atoms with Crippen LogP contribution in [0, 0.1) is 0 Å². The molecule has 0 atom stereocenters. The van der Waals surface area contributed by atoms with Crippen LogP contribution in [0.4, 0.5) is 13.2 Å². The summed E-state index contributed by atoms with van der Waals surface area (Å²) in [5.74, 6) is 0.515. The smallest absolute Gasteiger partial charge is 0.419 e. The molecule has 0 bridgehead atoms. The van der Waals surface area contributed by atoms with Gasteiger partial charge in [0.15, 0.2) is 5.96 Å². The van der Waals surface area contributed by atoms with Crippen LogP contribution < -0.4 is 15.4 Å². The van der Waals surface area contributed by atoms with E-state index in [0.29, 0.717) is 18.5 Å². The van der Waals surface area contributed by atoms with Gasteiger partial charge in [-0.05, 0) is 37.8 Å². The Morgan fingerprint density at radius 2 is 1.83 bits per heavy atom. The van der Waals surface area contributed by atoms with Crippen molar-refractivity contribution < 1.29 is 17.9 Å². The topological polar surface area (TPSA) is 48.9 Å². The monoisotopic (exact) mass is 412 g/mol. The van der Waals surface area contributed by atoms with Crippen molar-refractivity contribution in [1.82, 2.24) is 15.5 Å². The Hall–Kier alpha value is -1.96. The van der Waals surface area contributed by atoms with Crippen LogP contribution in [0.2, 0.25) is 0 Å². The Labute approximate surface area is 170 Å². The Morgan fingerprint density at radius 1 is 1.14 bits per heavy atom. The summed E-state index contributed by atoms with van der Waals surface area (Å²) in [5, 5.41) is 6.56. The zero-order chi connectivity index (χ0) is 20.7. The highest BCUT2D eigenvalue weighted by Crippen LogP contribution is 2.35. The molecule has 8 heteroatoms. The molecular weight excluding hydrogens is 381 g/mol. The average molecular weight is 413 g/mol. The summed E-state index contributed by atoms with van der Waals surface area (Å²) >= 11 is 0. The van der Waals surface area contributed by atoms with Crippen molar-refractivity contribution in [3.63, 3.8) is 0 Å². The molecule has 2 N–H and O–H groups in total. The number of para-hydroxylation sites is 1. The van der Waals surface area contributed by atoms with Crippen LogP contribution in [-0.4, -0.2) is 56.2 Å². The zero-order valence-corrected chi connectivity index (χ0v) is 17.0. The van der Waals surface area contributed by atoms with Gasteiger partial charge in [0.25, 0.3) is 0 Å². The molecule has 1 aromatic rings. The highest BCUT2D eigenvalue weighted by molar-refractivity contribution is 5.79. The first kappa shape index (κ1) is 21.7. The van der Waals surface area contributed by atoms with Crippen molar-refractivity contribution in [2.45, 2.75) is 56.8 Å². The maximum absolute atomic E-state index is 13.0. The van der Waals surface area contributed by atoms with E-state index in [-0.39, 0.29) is 12.4 Å². The standard InChI is InChI=1S/C21H31F3N4O/c1-25-20(27-16-10-13-28(14-11-16)17-6-2-3-7-17)26-12-15-29-19-9-5-4-8-18(19)21(22,23)24/h4-5,8-9,16-17H,2-3,6-7,10-15H2,1H3,(H2,25,26,27). The largest absolute Gasteiger partial charge is 0.491 e. The Kier molecular flexibility index (Phi) is 7.64. The van der Waals surface area contributed by atoms with E-state index in [9.17, 15) is 13.2 Å². The third-order valence-corrected chi connectivity index (χ3v) is 5.78. The van der Waals surface area contributed by atoms with Crippen molar-refractivity contribution in [3.8, 4) is 5.75 Å². The summed E-state index contributed by atoms with van der Waals surface area (Å²) in [5.41, 5.74) is -0.753. The number of nitrogens with one attached hydrogen (secondary N) is 2. The number of nitrogens with zero attached hydrogens (tertiary/aromatic N) is 2. The van der Waals surface area contributed by atoms with Gasteiger partial charge in [-0.25, -0.2) is 0 Å². The van der Waals surface area contributed by atoms with Crippen LogP contribution in [0.25, 0.3) is 0 Å². The fourth-order valence-electron chi connectivity index (χ4n) is 4.22. The quantitative estimate of drug-likeness (QED) is 0.425. The van der Waals surface area contributed by atoms with Crippen LogP contribution >= 0.6 is 0 Å². The number of hydrogen-bond donors (Lipinski definition) is 2. The number of piperidine rings is 1. The second kappa shape index (κ2) is 10.2. The van der Waals surface area contributed by atoms with E-state index in [1.807, 2.05) is 0 Å². The number of ether oxygens (including phenoxy) is 1. The van der Waals surface area contributed by atoms with Crippen LogP contribution in [-0.2, 0) is 6.18 Å². The van der Waals surface area contributed by atoms with E-state index in [1.54, 1.807) is 7.05 Å². The third-order valence-electron chi connectivity index (χ3n) is 5.78. The maximum Gasteiger partial charge on any atom is 0.419 e. The lowest BCUT2D eigenvalue weighted by Crippen LogP contribution is -2.50. The van der Waals surface area contributed by atoms with E-state index in [4.69, 9.17) is 4.74 Å². The van der Waals surface area contributed by atoms with Crippen molar-refractivity contribution in [2.24, 2.45) is 4.99 Å². The minimum absolute atomic E-state index is 0.119. The molecule has 1 aromatic carbocycles. The van der Waals surface area contributed by atoms with Crippen LogP contribution in [0.5, 0.6) is 5.75 Å². The number of benzene rings is 1. The van der Waals surface area contributed by atoms with E-state index in [2.05, 4.69) is 20.5 Å². The van der Waals surface area contributed by atoms with E-state index >= 15 is 0 Å². The number of halogens is 3. The first-order valence-electron chi connectivity index (χ1n) is 10.5. The van der Waals surface area contributed by atoms with Gasteiger partial charge < -0.3 is 20.3 Å². The summed E-state index contributed by atoms with van der Waals surface area (Å²) in [6.45, 7) is 2.70. The van der Waals surface area contributed by atoms with Crippen LogP contribution in [0.1, 0.15) is 44.1 Å². The molecule has 3 rings (SSSR count). The molecule has 0 spiro atoms. The molecule has 29 heavy (non-hydrogen) atoms. The second-order valence-corrected chi connectivity index (χ2v) is 7.73. The Bertz CT molecular complexity index is 666. The molecule has 1 saturated carbocycles. The SMILES string of the molecule is CN=C(NCCOc1ccccc1C(F)(F)F)NC1CCN(C2CCCC2)CC1. The molecule has 162 valence electrons. The van der Waals surface area contributed by atoms with Crippen molar-refractivity contribution in [1.29, 1.82) is 0 Å². The minimum atomic E-state index is -4.42. The molecule has 0 aromatic heterocycles. The van der Waals surface area contributed by atoms with Crippen molar-refractivity contribution in [3.05, 3.63) is 29.8 Å². The minimum Gasteiger partial charge on any atom is -0.491 e. The van der Waals surface area contributed by atoms with Gasteiger partial charge >= 0.3 is 6.18 Å². The summed E-state index contributed by atoms with van der Waals surface area (Å²) in [7, 11) is 1.70.